The van der Waals surface area contributed by atoms with Gasteiger partial charge in [-0.1, -0.05) is 16.8 Å². The fourth-order valence-electron chi connectivity index (χ4n) is 2.81. The molecule has 1 N–H and O–H groups in total. The van der Waals surface area contributed by atoms with Crippen LogP contribution in [0.4, 0.5) is 5.69 Å². The van der Waals surface area contributed by atoms with E-state index in [0.717, 1.165) is 17.8 Å². The van der Waals surface area contributed by atoms with E-state index in [-0.39, 0.29) is 5.91 Å². The Labute approximate surface area is 162 Å². The Bertz CT molecular complexity index is 894. The molecule has 8 nitrogen and oxygen atoms in total. The second-order valence-corrected chi connectivity index (χ2v) is 6.40. The number of ether oxygens (including phenoxy) is 2. The summed E-state index contributed by atoms with van der Waals surface area (Å²) >= 11 is 6.09. The Kier molecular flexibility index (Phi) is 5.55. The van der Waals surface area contributed by atoms with Gasteiger partial charge in [-0.3, -0.25) is 9.48 Å². The van der Waals surface area contributed by atoms with Crippen LogP contribution >= 0.6 is 11.6 Å². The standard InChI is InChI=1S/C18H21ClN4O4/c1-5-23-9-11(10(2)21-23)13-7-17(27-22-13)18(24)20-14-8-15(25-3)12(19)6-16(14)26-4/h6,8-9,17H,5,7H2,1-4H3,(H,20,24)/t17-/m0/s1. The molecule has 1 atom stereocenters. The maximum absolute atomic E-state index is 12.6. The zero-order chi connectivity index (χ0) is 19.6. The van der Waals surface area contributed by atoms with E-state index < -0.39 is 6.10 Å². The van der Waals surface area contributed by atoms with Gasteiger partial charge in [0.2, 0.25) is 6.10 Å². The lowest BCUT2D eigenvalue weighted by Crippen LogP contribution is -2.28. The van der Waals surface area contributed by atoms with Crippen LogP contribution in [0.25, 0.3) is 0 Å². The van der Waals surface area contributed by atoms with Crippen LogP contribution in [0.15, 0.2) is 23.5 Å². The van der Waals surface area contributed by atoms with Gasteiger partial charge in [0.1, 0.15) is 11.5 Å². The number of carbonyl (C=O) groups is 1. The molecule has 27 heavy (non-hydrogen) atoms. The van der Waals surface area contributed by atoms with Gasteiger partial charge in [0.25, 0.3) is 5.91 Å². The van der Waals surface area contributed by atoms with Gasteiger partial charge in [-0.15, -0.1) is 0 Å². The first-order chi connectivity index (χ1) is 13.0. The van der Waals surface area contributed by atoms with Gasteiger partial charge in [0.15, 0.2) is 0 Å². The first-order valence-electron chi connectivity index (χ1n) is 8.46. The number of amides is 1. The minimum absolute atomic E-state index is 0.336. The molecule has 0 aliphatic carbocycles. The van der Waals surface area contributed by atoms with Gasteiger partial charge in [-0.05, 0) is 13.8 Å². The molecule has 1 amide bonds. The SMILES string of the molecule is CCn1cc(C2=NO[C@H](C(=O)Nc3cc(OC)c(Cl)cc3OC)C2)c(C)n1. The second kappa shape index (κ2) is 7.87. The van der Waals surface area contributed by atoms with Gasteiger partial charge in [-0.25, -0.2) is 0 Å². The molecule has 3 rings (SSSR count). The number of hydrogen-bond acceptors (Lipinski definition) is 6. The fraction of sp³-hybridized carbons (Fsp3) is 0.389. The van der Waals surface area contributed by atoms with Gasteiger partial charge in [-0.2, -0.15) is 5.10 Å². The van der Waals surface area contributed by atoms with E-state index >= 15 is 0 Å². The average Bonchev–Trinajstić information content (AvgIpc) is 3.29. The van der Waals surface area contributed by atoms with Crippen molar-refractivity contribution in [2.45, 2.75) is 32.9 Å². The Morgan fingerprint density at radius 3 is 2.74 bits per heavy atom. The molecule has 144 valence electrons. The lowest BCUT2D eigenvalue weighted by atomic mass is 10.1. The largest absolute Gasteiger partial charge is 0.495 e. The number of methoxy groups -OCH3 is 2. The van der Waals surface area contributed by atoms with Crippen LogP contribution in [0.5, 0.6) is 11.5 Å². The van der Waals surface area contributed by atoms with E-state index in [0.29, 0.717) is 34.3 Å². The van der Waals surface area contributed by atoms with E-state index in [4.69, 9.17) is 25.9 Å². The Hall–Kier alpha value is -2.74. The fourth-order valence-corrected chi connectivity index (χ4v) is 3.04. The highest BCUT2D eigenvalue weighted by Crippen LogP contribution is 2.36. The van der Waals surface area contributed by atoms with Crippen molar-refractivity contribution < 1.29 is 19.1 Å². The molecule has 9 heteroatoms. The van der Waals surface area contributed by atoms with E-state index in [1.807, 2.05) is 24.7 Å². The molecule has 0 unspecified atom stereocenters. The number of carbonyl (C=O) groups excluding carboxylic acids is 1. The van der Waals surface area contributed by atoms with E-state index in [9.17, 15) is 4.79 Å². The number of nitrogens with zero attached hydrogens (tertiary/aromatic N) is 3. The topological polar surface area (TPSA) is 87.0 Å². The third-order valence-corrected chi connectivity index (χ3v) is 4.57. The summed E-state index contributed by atoms with van der Waals surface area (Å²) in [4.78, 5) is 18.0. The van der Waals surface area contributed by atoms with Crippen LogP contribution in [0.3, 0.4) is 0 Å². The molecule has 1 aromatic carbocycles. The normalized spacial score (nSPS) is 15.9. The number of benzene rings is 1. The van der Waals surface area contributed by atoms with Crippen molar-refractivity contribution in [2.75, 3.05) is 19.5 Å². The van der Waals surface area contributed by atoms with Crippen LogP contribution < -0.4 is 14.8 Å². The van der Waals surface area contributed by atoms with E-state index in [2.05, 4.69) is 15.6 Å². The molecule has 0 saturated carbocycles. The molecule has 1 aliphatic rings. The summed E-state index contributed by atoms with van der Waals surface area (Å²) in [6.45, 7) is 4.67. The van der Waals surface area contributed by atoms with Gasteiger partial charge in [0.05, 0.1) is 36.3 Å². The molecule has 0 fully saturated rings. The van der Waals surface area contributed by atoms with Crippen LogP contribution in [0.2, 0.25) is 5.02 Å². The molecule has 0 saturated heterocycles. The van der Waals surface area contributed by atoms with Gasteiger partial charge >= 0.3 is 0 Å². The number of aromatic nitrogens is 2. The van der Waals surface area contributed by atoms with Crippen LogP contribution in [-0.2, 0) is 16.2 Å². The first-order valence-corrected chi connectivity index (χ1v) is 8.84. The molecular formula is C18H21ClN4O4. The number of nitrogens with one attached hydrogen (secondary N) is 1. The number of aryl methyl sites for hydroxylation is 2. The quantitative estimate of drug-likeness (QED) is 0.816. The van der Waals surface area contributed by atoms with E-state index in [1.54, 1.807) is 12.1 Å². The number of rotatable bonds is 6. The third kappa shape index (κ3) is 3.85. The third-order valence-electron chi connectivity index (χ3n) is 4.27. The van der Waals surface area contributed by atoms with Crippen molar-refractivity contribution in [1.29, 1.82) is 0 Å². The minimum Gasteiger partial charge on any atom is -0.495 e. The predicted octanol–water partition coefficient (Wildman–Crippen LogP) is 3.01. The summed E-state index contributed by atoms with van der Waals surface area (Å²) in [7, 11) is 2.99. The summed E-state index contributed by atoms with van der Waals surface area (Å²) in [6.07, 6.45) is 1.52. The second-order valence-electron chi connectivity index (χ2n) is 6.00. The number of hydrogen-bond donors (Lipinski definition) is 1. The van der Waals surface area contributed by atoms with Crippen LogP contribution in [0.1, 0.15) is 24.6 Å². The number of halogens is 1. The maximum Gasteiger partial charge on any atom is 0.268 e. The van der Waals surface area contributed by atoms with Crippen molar-refractivity contribution in [1.82, 2.24) is 9.78 Å². The number of anilines is 1. The molecule has 1 aliphatic heterocycles. The molecule has 1 aromatic heterocycles. The Morgan fingerprint density at radius 1 is 1.37 bits per heavy atom. The summed E-state index contributed by atoms with van der Waals surface area (Å²) in [5.41, 5.74) is 2.88. The molecule has 2 aromatic rings. The summed E-state index contributed by atoms with van der Waals surface area (Å²) < 4.78 is 12.3. The average molecular weight is 393 g/mol. The van der Waals surface area contributed by atoms with E-state index in [1.165, 1.54) is 14.2 Å². The Balaban J connectivity index is 1.72. The highest BCUT2D eigenvalue weighted by molar-refractivity contribution is 6.32. The summed E-state index contributed by atoms with van der Waals surface area (Å²) in [5.74, 6) is 0.518. The minimum atomic E-state index is -0.740. The smallest absolute Gasteiger partial charge is 0.268 e. The summed E-state index contributed by atoms with van der Waals surface area (Å²) in [5, 5.41) is 11.6. The van der Waals surface area contributed by atoms with Crippen molar-refractivity contribution in [3.8, 4) is 11.5 Å². The van der Waals surface area contributed by atoms with Crippen LogP contribution in [0, 0.1) is 6.92 Å². The lowest BCUT2D eigenvalue weighted by molar-refractivity contribution is -0.125. The number of oxime groups is 1. The van der Waals surface area contributed by atoms with Crippen molar-refractivity contribution in [3.05, 3.63) is 34.6 Å². The monoisotopic (exact) mass is 392 g/mol. The van der Waals surface area contributed by atoms with Gasteiger partial charge in [0, 0.05) is 36.9 Å². The molecular weight excluding hydrogens is 372 g/mol. The van der Waals surface area contributed by atoms with Gasteiger partial charge < -0.3 is 19.6 Å². The van der Waals surface area contributed by atoms with Crippen LogP contribution in [-0.4, -0.2) is 41.7 Å². The van der Waals surface area contributed by atoms with Crippen molar-refractivity contribution >= 4 is 28.9 Å². The predicted molar refractivity (Wildman–Crippen MR) is 102 cm³/mol. The summed E-state index contributed by atoms with van der Waals surface area (Å²) in [6, 6.07) is 3.18. The van der Waals surface area contributed by atoms with Crippen molar-refractivity contribution in [3.63, 3.8) is 0 Å². The zero-order valence-corrected chi connectivity index (χ0v) is 16.3. The lowest BCUT2D eigenvalue weighted by Gasteiger charge is -2.14. The maximum atomic E-state index is 12.6. The molecule has 2 heterocycles. The molecule has 0 spiro atoms. The Morgan fingerprint density at radius 2 is 2.11 bits per heavy atom. The molecule has 0 radical (unpaired) electrons. The highest BCUT2D eigenvalue weighted by atomic mass is 35.5. The first kappa shape index (κ1) is 19.0. The molecule has 0 bridgehead atoms. The zero-order valence-electron chi connectivity index (χ0n) is 15.6. The van der Waals surface area contributed by atoms with Crippen molar-refractivity contribution in [2.24, 2.45) is 5.16 Å². The highest BCUT2D eigenvalue weighted by Gasteiger charge is 2.31.